The van der Waals surface area contributed by atoms with E-state index in [9.17, 15) is 13.9 Å². The van der Waals surface area contributed by atoms with Crippen molar-refractivity contribution in [3.8, 4) is 6.07 Å². The number of halogens is 2. The topological polar surface area (TPSA) is 44.0 Å². The van der Waals surface area contributed by atoms with Crippen LogP contribution in [0.15, 0.2) is 24.3 Å². The van der Waals surface area contributed by atoms with Crippen molar-refractivity contribution in [1.82, 2.24) is 0 Å². The third-order valence-electron chi connectivity index (χ3n) is 2.65. The third kappa shape index (κ3) is 3.50. The Hall–Kier alpha value is -1.47. The van der Waals surface area contributed by atoms with Crippen molar-refractivity contribution in [3.63, 3.8) is 0 Å². The molecule has 4 heteroatoms. The largest absolute Gasteiger partial charge is 0.387 e. The molecule has 0 aliphatic rings. The van der Waals surface area contributed by atoms with Gasteiger partial charge in [-0.25, -0.2) is 8.78 Å². The fourth-order valence-electron chi connectivity index (χ4n) is 1.72. The highest BCUT2D eigenvalue weighted by Gasteiger charge is 2.20. The van der Waals surface area contributed by atoms with Crippen LogP contribution in [-0.4, -0.2) is 5.11 Å². The Morgan fingerprint density at radius 3 is 2.53 bits per heavy atom. The highest BCUT2D eigenvalue weighted by Crippen LogP contribution is 2.28. The molecule has 0 spiro atoms. The monoisotopic (exact) mass is 239 g/mol. The van der Waals surface area contributed by atoms with Gasteiger partial charge in [0, 0.05) is 5.56 Å². The third-order valence-corrected chi connectivity index (χ3v) is 2.65. The van der Waals surface area contributed by atoms with Crippen molar-refractivity contribution in [2.45, 2.75) is 32.3 Å². The average molecular weight is 239 g/mol. The number of nitrogens with zero attached hydrogens (tertiary/aromatic N) is 1. The Bertz CT molecular complexity index is 401. The van der Waals surface area contributed by atoms with E-state index in [0.29, 0.717) is 12.0 Å². The van der Waals surface area contributed by atoms with Crippen LogP contribution in [0, 0.1) is 17.2 Å². The maximum Gasteiger partial charge on any atom is 0.263 e. The lowest BCUT2D eigenvalue weighted by molar-refractivity contribution is 0.128. The second-order valence-electron chi connectivity index (χ2n) is 3.94. The molecule has 92 valence electrons. The zero-order valence-electron chi connectivity index (χ0n) is 9.61. The van der Waals surface area contributed by atoms with E-state index in [2.05, 4.69) is 0 Å². The summed E-state index contributed by atoms with van der Waals surface area (Å²) in [7, 11) is 0. The molecule has 2 atom stereocenters. The Labute approximate surface area is 99.5 Å². The van der Waals surface area contributed by atoms with E-state index >= 15 is 0 Å². The Balaban J connectivity index is 2.91. The van der Waals surface area contributed by atoms with Gasteiger partial charge in [0.05, 0.1) is 18.1 Å². The molecule has 0 amide bonds. The van der Waals surface area contributed by atoms with Gasteiger partial charge in [-0.1, -0.05) is 31.5 Å². The molecule has 2 nitrogen and oxygen atoms in total. The van der Waals surface area contributed by atoms with Crippen LogP contribution in [0.1, 0.15) is 43.4 Å². The fraction of sp³-hybridized carbons (Fsp3) is 0.462. The number of hydrogen-bond acceptors (Lipinski definition) is 2. The SMILES string of the molecule is CCCC(C#N)C(O)c1cccc(C(F)F)c1. The summed E-state index contributed by atoms with van der Waals surface area (Å²) >= 11 is 0. The highest BCUT2D eigenvalue weighted by molar-refractivity contribution is 5.27. The van der Waals surface area contributed by atoms with Gasteiger partial charge in [0.2, 0.25) is 0 Å². The molecule has 0 fully saturated rings. The molecule has 0 saturated carbocycles. The molecule has 0 saturated heterocycles. The van der Waals surface area contributed by atoms with E-state index in [1.54, 1.807) is 6.07 Å². The number of alkyl halides is 2. The fourth-order valence-corrected chi connectivity index (χ4v) is 1.72. The van der Waals surface area contributed by atoms with E-state index in [-0.39, 0.29) is 5.56 Å². The van der Waals surface area contributed by atoms with Crippen molar-refractivity contribution in [3.05, 3.63) is 35.4 Å². The first-order valence-corrected chi connectivity index (χ1v) is 5.55. The second-order valence-corrected chi connectivity index (χ2v) is 3.94. The van der Waals surface area contributed by atoms with E-state index in [1.807, 2.05) is 13.0 Å². The maximum atomic E-state index is 12.5. The Kier molecular flexibility index (Phi) is 5.05. The van der Waals surface area contributed by atoms with Crippen molar-refractivity contribution in [2.75, 3.05) is 0 Å². The normalized spacial score (nSPS) is 14.4. The van der Waals surface area contributed by atoms with Gasteiger partial charge in [0.25, 0.3) is 6.43 Å². The molecule has 0 bridgehead atoms. The summed E-state index contributed by atoms with van der Waals surface area (Å²) in [4.78, 5) is 0. The lowest BCUT2D eigenvalue weighted by Gasteiger charge is -2.17. The molecule has 1 aromatic rings. The van der Waals surface area contributed by atoms with Gasteiger partial charge in [-0.2, -0.15) is 5.26 Å². The second kappa shape index (κ2) is 6.31. The Morgan fingerprint density at radius 2 is 2.00 bits per heavy atom. The zero-order valence-corrected chi connectivity index (χ0v) is 9.61. The van der Waals surface area contributed by atoms with Crippen LogP contribution in [0.3, 0.4) is 0 Å². The smallest absolute Gasteiger partial charge is 0.263 e. The molecule has 1 aromatic carbocycles. The number of rotatable bonds is 5. The molecule has 17 heavy (non-hydrogen) atoms. The van der Waals surface area contributed by atoms with Crippen LogP contribution in [0.2, 0.25) is 0 Å². The van der Waals surface area contributed by atoms with Crippen LogP contribution < -0.4 is 0 Å². The lowest BCUT2D eigenvalue weighted by Crippen LogP contribution is -2.11. The molecule has 1 rings (SSSR count). The summed E-state index contributed by atoms with van der Waals surface area (Å²) in [5.74, 6) is -0.548. The molecule has 1 N–H and O–H groups in total. The zero-order chi connectivity index (χ0) is 12.8. The molecule has 0 aliphatic carbocycles. The molecular weight excluding hydrogens is 224 g/mol. The minimum absolute atomic E-state index is 0.130. The van der Waals surface area contributed by atoms with Gasteiger partial charge >= 0.3 is 0 Å². The lowest BCUT2D eigenvalue weighted by atomic mass is 9.92. The van der Waals surface area contributed by atoms with Gasteiger partial charge < -0.3 is 5.11 Å². The number of aliphatic hydroxyl groups is 1. The summed E-state index contributed by atoms with van der Waals surface area (Å²) in [6.07, 6.45) is -2.24. The molecule has 0 aromatic heterocycles. The highest BCUT2D eigenvalue weighted by atomic mass is 19.3. The summed E-state index contributed by atoms with van der Waals surface area (Å²) in [6.45, 7) is 1.91. The van der Waals surface area contributed by atoms with E-state index in [4.69, 9.17) is 5.26 Å². The quantitative estimate of drug-likeness (QED) is 0.853. The average Bonchev–Trinajstić information content (AvgIpc) is 2.35. The number of hydrogen-bond donors (Lipinski definition) is 1. The molecule has 0 heterocycles. The van der Waals surface area contributed by atoms with Crippen LogP contribution >= 0.6 is 0 Å². The van der Waals surface area contributed by atoms with Crippen molar-refractivity contribution in [1.29, 1.82) is 5.26 Å². The number of nitriles is 1. The maximum absolute atomic E-state index is 12.5. The van der Waals surface area contributed by atoms with Gasteiger partial charge in [-0.15, -0.1) is 0 Å². The van der Waals surface area contributed by atoms with Crippen molar-refractivity contribution >= 4 is 0 Å². The Morgan fingerprint density at radius 1 is 1.35 bits per heavy atom. The van der Waals surface area contributed by atoms with Crippen molar-refractivity contribution < 1.29 is 13.9 Å². The van der Waals surface area contributed by atoms with Crippen LogP contribution in [-0.2, 0) is 0 Å². The van der Waals surface area contributed by atoms with E-state index in [0.717, 1.165) is 6.42 Å². The number of aliphatic hydroxyl groups excluding tert-OH is 1. The molecule has 2 unspecified atom stereocenters. The summed E-state index contributed by atoms with van der Waals surface area (Å²) < 4.78 is 25.0. The van der Waals surface area contributed by atoms with Crippen molar-refractivity contribution in [2.24, 2.45) is 5.92 Å². The minimum Gasteiger partial charge on any atom is -0.387 e. The summed E-state index contributed by atoms with van der Waals surface area (Å²) in [5, 5.41) is 18.9. The van der Waals surface area contributed by atoms with Gasteiger partial charge in [-0.05, 0) is 18.1 Å². The van der Waals surface area contributed by atoms with Gasteiger partial charge in [0.1, 0.15) is 0 Å². The first-order chi connectivity index (χ1) is 8.10. The number of benzene rings is 1. The molecular formula is C13H15F2NO. The molecule has 0 radical (unpaired) electrons. The summed E-state index contributed by atoms with van der Waals surface area (Å²) in [5.41, 5.74) is 0.248. The summed E-state index contributed by atoms with van der Waals surface area (Å²) in [6, 6.07) is 7.62. The van der Waals surface area contributed by atoms with Crippen LogP contribution in [0.5, 0.6) is 0 Å². The van der Waals surface area contributed by atoms with Gasteiger partial charge in [-0.3, -0.25) is 0 Å². The van der Waals surface area contributed by atoms with Crippen LogP contribution in [0.25, 0.3) is 0 Å². The van der Waals surface area contributed by atoms with E-state index < -0.39 is 18.4 Å². The predicted molar refractivity (Wildman–Crippen MR) is 60.4 cm³/mol. The first kappa shape index (κ1) is 13.6. The minimum atomic E-state index is -2.56. The predicted octanol–water partition coefficient (Wildman–Crippen LogP) is 3.60. The molecule has 0 aliphatic heterocycles. The van der Waals surface area contributed by atoms with E-state index in [1.165, 1.54) is 18.2 Å². The van der Waals surface area contributed by atoms with Gasteiger partial charge in [0.15, 0.2) is 0 Å². The first-order valence-electron chi connectivity index (χ1n) is 5.55. The standard InChI is InChI=1S/C13H15F2NO/c1-2-4-11(8-16)12(17)9-5-3-6-10(7-9)13(14)15/h3,5-7,11-13,17H,2,4H2,1H3. The van der Waals surface area contributed by atoms with Crippen LogP contribution in [0.4, 0.5) is 8.78 Å².